The summed E-state index contributed by atoms with van der Waals surface area (Å²) >= 11 is 0. The van der Waals surface area contributed by atoms with Crippen molar-refractivity contribution in [3.63, 3.8) is 0 Å². The summed E-state index contributed by atoms with van der Waals surface area (Å²) in [6.07, 6.45) is 7.86. The first-order valence-electron chi connectivity index (χ1n) is 14.8. The lowest BCUT2D eigenvalue weighted by Gasteiger charge is -2.57. The van der Waals surface area contributed by atoms with E-state index in [4.69, 9.17) is 14.2 Å². The van der Waals surface area contributed by atoms with Crippen molar-refractivity contribution in [2.24, 2.45) is 17.8 Å². The molecule has 0 spiro atoms. The standard InChI is InChI=1S/C35H38O6/c1-3-40-34(38)28-8-4-6-26(16-28)33-27(17-32(36)37)7-5-9-30(33)41-21-22-10-11-29(31(15-22)39-2)35-18-23-12-24(19-35)14-25(13-23)20-35/h4-11,15-16,23-25H,3,12-14,17-21H2,1-2H3,(H,36,37). The third kappa shape index (κ3) is 5.44. The number of carbonyl (C=O) groups excluding carboxylic acids is 1. The molecule has 4 saturated carbocycles. The van der Waals surface area contributed by atoms with Gasteiger partial charge in [0, 0.05) is 11.1 Å². The van der Waals surface area contributed by atoms with E-state index < -0.39 is 11.9 Å². The second kappa shape index (κ2) is 11.2. The second-order valence-electron chi connectivity index (χ2n) is 12.2. The third-order valence-electron chi connectivity index (χ3n) is 9.39. The van der Waals surface area contributed by atoms with E-state index in [0.29, 0.717) is 34.6 Å². The van der Waals surface area contributed by atoms with Gasteiger partial charge in [-0.3, -0.25) is 4.79 Å². The summed E-state index contributed by atoms with van der Waals surface area (Å²) in [5.74, 6) is 2.71. The van der Waals surface area contributed by atoms with Crippen molar-refractivity contribution in [3.05, 3.63) is 82.9 Å². The number of hydrogen-bond acceptors (Lipinski definition) is 5. The van der Waals surface area contributed by atoms with E-state index in [2.05, 4.69) is 18.2 Å². The second-order valence-corrected chi connectivity index (χ2v) is 12.2. The fourth-order valence-corrected chi connectivity index (χ4v) is 8.22. The van der Waals surface area contributed by atoms with Crippen LogP contribution in [0.3, 0.4) is 0 Å². The van der Waals surface area contributed by atoms with Gasteiger partial charge < -0.3 is 19.3 Å². The minimum absolute atomic E-state index is 0.163. The van der Waals surface area contributed by atoms with E-state index in [1.54, 1.807) is 38.3 Å². The van der Waals surface area contributed by atoms with Gasteiger partial charge in [0.15, 0.2) is 0 Å². The van der Waals surface area contributed by atoms with Crippen LogP contribution in [0.25, 0.3) is 11.1 Å². The highest BCUT2D eigenvalue weighted by Crippen LogP contribution is 2.61. The molecule has 0 atom stereocenters. The van der Waals surface area contributed by atoms with Crippen LogP contribution in [0.4, 0.5) is 0 Å². The number of methoxy groups -OCH3 is 1. The van der Waals surface area contributed by atoms with Gasteiger partial charge in [0.1, 0.15) is 18.1 Å². The number of hydrogen-bond donors (Lipinski definition) is 1. The minimum Gasteiger partial charge on any atom is -0.496 e. The Balaban J connectivity index is 1.29. The lowest BCUT2D eigenvalue weighted by atomic mass is 9.48. The maximum atomic E-state index is 12.4. The molecule has 4 bridgehead atoms. The van der Waals surface area contributed by atoms with E-state index in [-0.39, 0.29) is 18.4 Å². The van der Waals surface area contributed by atoms with Crippen LogP contribution in [-0.4, -0.2) is 30.8 Å². The molecule has 0 radical (unpaired) electrons. The van der Waals surface area contributed by atoms with Gasteiger partial charge in [-0.25, -0.2) is 4.79 Å². The van der Waals surface area contributed by atoms with Crippen molar-refractivity contribution in [3.8, 4) is 22.6 Å². The molecule has 41 heavy (non-hydrogen) atoms. The van der Waals surface area contributed by atoms with E-state index in [0.717, 1.165) is 29.1 Å². The number of ether oxygens (including phenoxy) is 3. The average molecular weight is 555 g/mol. The van der Waals surface area contributed by atoms with Gasteiger partial charge in [-0.15, -0.1) is 0 Å². The Morgan fingerprint density at radius 2 is 1.61 bits per heavy atom. The Morgan fingerprint density at radius 1 is 0.902 bits per heavy atom. The summed E-state index contributed by atoms with van der Waals surface area (Å²) < 4.78 is 17.5. The maximum Gasteiger partial charge on any atom is 0.338 e. The molecule has 0 saturated heterocycles. The van der Waals surface area contributed by atoms with Gasteiger partial charge in [0.2, 0.25) is 0 Å². The van der Waals surface area contributed by atoms with Crippen molar-refractivity contribution < 1.29 is 28.9 Å². The zero-order chi connectivity index (χ0) is 28.6. The van der Waals surface area contributed by atoms with Crippen LogP contribution in [0.2, 0.25) is 0 Å². The zero-order valence-corrected chi connectivity index (χ0v) is 23.9. The van der Waals surface area contributed by atoms with Crippen LogP contribution in [0.1, 0.15) is 72.5 Å². The summed E-state index contributed by atoms with van der Waals surface area (Å²) in [4.78, 5) is 24.1. The highest BCUT2D eigenvalue weighted by Gasteiger charge is 2.52. The molecule has 4 aliphatic carbocycles. The summed E-state index contributed by atoms with van der Waals surface area (Å²) in [5.41, 5.74) is 4.97. The number of benzene rings is 3. The predicted octanol–water partition coefficient (Wildman–Crippen LogP) is 7.21. The summed E-state index contributed by atoms with van der Waals surface area (Å²) in [7, 11) is 1.76. The van der Waals surface area contributed by atoms with E-state index in [9.17, 15) is 14.7 Å². The van der Waals surface area contributed by atoms with Gasteiger partial charge in [0.25, 0.3) is 0 Å². The maximum absolute atomic E-state index is 12.4. The minimum atomic E-state index is -0.935. The first kappa shape index (κ1) is 27.4. The molecule has 0 unspecified atom stereocenters. The molecule has 4 aliphatic rings. The van der Waals surface area contributed by atoms with Crippen molar-refractivity contribution in [2.75, 3.05) is 13.7 Å². The molecular formula is C35H38O6. The molecule has 0 aliphatic heterocycles. The molecule has 6 heteroatoms. The highest BCUT2D eigenvalue weighted by molar-refractivity contribution is 5.92. The predicted molar refractivity (Wildman–Crippen MR) is 156 cm³/mol. The SMILES string of the molecule is CCOC(=O)c1cccc(-c2c(CC(=O)O)cccc2OCc2ccc(C34CC5CC(CC(C5)C3)C4)c(OC)c2)c1. The molecule has 3 aromatic rings. The lowest BCUT2D eigenvalue weighted by Crippen LogP contribution is -2.48. The van der Waals surface area contributed by atoms with Crippen molar-refractivity contribution in [2.45, 2.75) is 63.9 Å². The normalized spacial score (nSPS) is 24.2. The van der Waals surface area contributed by atoms with Gasteiger partial charge in [-0.05, 0) is 110 Å². The van der Waals surface area contributed by atoms with Crippen LogP contribution >= 0.6 is 0 Å². The first-order valence-corrected chi connectivity index (χ1v) is 14.8. The van der Waals surface area contributed by atoms with Crippen molar-refractivity contribution >= 4 is 11.9 Å². The topological polar surface area (TPSA) is 82.1 Å². The Labute approximate surface area is 241 Å². The van der Waals surface area contributed by atoms with Gasteiger partial charge >= 0.3 is 11.9 Å². The molecule has 1 N–H and O–H groups in total. The van der Waals surface area contributed by atoms with Crippen LogP contribution < -0.4 is 9.47 Å². The molecular weight excluding hydrogens is 516 g/mol. The van der Waals surface area contributed by atoms with Crippen molar-refractivity contribution in [1.82, 2.24) is 0 Å². The lowest BCUT2D eigenvalue weighted by molar-refractivity contribution is -0.136. The first-order chi connectivity index (χ1) is 19.9. The Bertz CT molecular complexity index is 1420. The smallest absolute Gasteiger partial charge is 0.338 e. The fourth-order valence-electron chi connectivity index (χ4n) is 8.22. The Morgan fingerprint density at radius 3 is 2.27 bits per heavy atom. The number of carboxylic acid groups (broad SMARTS) is 1. The molecule has 0 heterocycles. The summed E-state index contributed by atoms with van der Waals surface area (Å²) in [6, 6.07) is 19.0. The molecule has 4 fully saturated rings. The van der Waals surface area contributed by atoms with E-state index in [1.807, 2.05) is 18.2 Å². The quantitative estimate of drug-likeness (QED) is 0.267. The number of carboxylic acids is 1. The molecule has 3 aromatic carbocycles. The summed E-state index contributed by atoms with van der Waals surface area (Å²) in [6.45, 7) is 2.34. The van der Waals surface area contributed by atoms with E-state index >= 15 is 0 Å². The Hall–Kier alpha value is -3.80. The zero-order valence-electron chi connectivity index (χ0n) is 23.9. The summed E-state index contributed by atoms with van der Waals surface area (Å²) in [5, 5.41) is 9.59. The van der Waals surface area contributed by atoms with E-state index in [1.165, 1.54) is 44.1 Å². The number of esters is 1. The molecule has 0 aromatic heterocycles. The number of aliphatic carboxylic acids is 1. The van der Waals surface area contributed by atoms with Crippen molar-refractivity contribution in [1.29, 1.82) is 0 Å². The van der Waals surface area contributed by atoms with Crippen LogP contribution in [-0.2, 0) is 28.0 Å². The largest absolute Gasteiger partial charge is 0.496 e. The molecule has 7 rings (SSSR count). The molecule has 214 valence electrons. The average Bonchev–Trinajstić information content (AvgIpc) is 2.95. The number of rotatable bonds is 10. The molecule has 6 nitrogen and oxygen atoms in total. The monoisotopic (exact) mass is 554 g/mol. The highest BCUT2D eigenvalue weighted by atomic mass is 16.5. The van der Waals surface area contributed by atoms with Gasteiger partial charge in [-0.2, -0.15) is 0 Å². The van der Waals surface area contributed by atoms with Crippen LogP contribution in [0.15, 0.2) is 60.7 Å². The molecule has 0 amide bonds. The fraction of sp³-hybridized carbons (Fsp3) is 0.429. The van der Waals surface area contributed by atoms with Crippen LogP contribution in [0.5, 0.6) is 11.5 Å². The Kier molecular flexibility index (Phi) is 7.50. The number of carbonyl (C=O) groups is 2. The third-order valence-corrected chi connectivity index (χ3v) is 9.39. The van der Waals surface area contributed by atoms with Crippen LogP contribution in [0, 0.1) is 17.8 Å². The van der Waals surface area contributed by atoms with Gasteiger partial charge in [0.05, 0.1) is 25.7 Å². The van der Waals surface area contributed by atoms with Gasteiger partial charge in [-0.1, -0.05) is 36.4 Å².